The Hall–Kier alpha value is -2.59. The molecule has 4 nitrogen and oxygen atoms in total. The third kappa shape index (κ3) is 3.34. The summed E-state index contributed by atoms with van der Waals surface area (Å²) < 4.78 is 5.79. The number of amides is 1. The van der Waals surface area contributed by atoms with E-state index in [0.717, 1.165) is 22.3 Å². The Kier molecular flexibility index (Phi) is 4.67. The third-order valence-corrected chi connectivity index (χ3v) is 4.36. The van der Waals surface area contributed by atoms with Gasteiger partial charge in [0.1, 0.15) is 11.3 Å². The molecular weight excluding hydrogens is 300 g/mol. The zero-order chi connectivity index (χ0) is 17.1. The molecule has 0 radical (unpaired) electrons. The first-order valence-electron chi connectivity index (χ1n) is 8.09. The van der Waals surface area contributed by atoms with Crippen LogP contribution in [0.4, 0.5) is 0 Å². The number of carbonyl (C=O) groups is 1. The number of rotatable bonds is 5. The van der Waals surface area contributed by atoms with Crippen molar-refractivity contribution in [3.8, 4) is 0 Å². The van der Waals surface area contributed by atoms with Crippen molar-refractivity contribution in [2.75, 3.05) is 7.05 Å². The van der Waals surface area contributed by atoms with Crippen LogP contribution in [0, 0.1) is 5.92 Å². The zero-order valence-electron chi connectivity index (χ0n) is 14.0. The van der Waals surface area contributed by atoms with Gasteiger partial charge in [0.05, 0.1) is 12.5 Å². The minimum atomic E-state index is -0.322. The van der Waals surface area contributed by atoms with Crippen molar-refractivity contribution < 1.29 is 9.21 Å². The normalized spacial score (nSPS) is 13.6. The van der Waals surface area contributed by atoms with Gasteiger partial charge in [-0.15, -0.1) is 0 Å². The predicted molar refractivity (Wildman–Crippen MR) is 95.2 cm³/mol. The summed E-state index contributed by atoms with van der Waals surface area (Å²) in [7, 11) is 1.78. The first kappa shape index (κ1) is 16.3. The lowest BCUT2D eigenvalue weighted by molar-refractivity contribution is -0.135. The summed E-state index contributed by atoms with van der Waals surface area (Å²) in [5.41, 5.74) is 8.06. The van der Waals surface area contributed by atoms with Gasteiger partial charge in [-0.05, 0) is 17.7 Å². The standard InChI is InChI=1S/C20H22N2O2/c1-14(19(21)15-8-4-3-5-9-15)20(23)22(2)13-17-12-16-10-6-7-11-18(16)24-17/h3-12,14,19H,13,21H2,1-2H3. The average molecular weight is 322 g/mol. The van der Waals surface area contributed by atoms with E-state index in [1.54, 1.807) is 11.9 Å². The molecule has 0 bridgehead atoms. The number of hydrogen-bond acceptors (Lipinski definition) is 3. The Balaban J connectivity index is 1.69. The van der Waals surface area contributed by atoms with E-state index in [1.165, 1.54) is 0 Å². The molecule has 2 N–H and O–H groups in total. The summed E-state index contributed by atoms with van der Waals surface area (Å²) in [6.45, 7) is 2.30. The van der Waals surface area contributed by atoms with Crippen LogP contribution in [0.3, 0.4) is 0 Å². The highest BCUT2D eigenvalue weighted by Crippen LogP contribution is 2.23. The molecular formula is C20H22N2O2. The molecule has 0 saturated carbocycles. The van der Waals surface area contributed by atoms with Gasteiger partial charge < -0.3 is 15.1 Å². The van der Waals surface area contributed by atoms with Crippen molar-refractivity contribution in [1.82, 2.24) is 4.90 Å². The van der Waals surface area contributed by atoms with Crippen LogP contribution in [0.2, 0.25) is 0 Å². The van der Waals surface area contributed by atoms with Crippen LogP contribution in [0.15, 0.2) is 65.1 Å². The van der Waals surface area contributed by atoms with Gasteiger partial charge >= 0.3 is 0 Å². The van der Waals surface area contributed by atoms with Crippen molar-refractivity contribution in [2.45, 2.75) is 19.5 Å². The van der Waals surface area contributed by atoms with Gasteiger partial charge in [-0.25, -0.2) is 0 Å². The van der Waals surface area contributed by atoms with E-state index in [0.29, 0.717) is 6.54 Å². The van der Waals surface area contributed by atoms with Gasteiger partial charge in [-0.1, -0.05) is 55.5 Å². The molecule has 1 aromatic heterocycles. The number of nitrogens with two attached hydrogens (primary N) is 1. The zero-order valence-corrected chi connectivity index (χ0v) is 14.0. The third-order valence-electron chi connectivity index (χ3n) is 4.36. The molecule has 0 aliphatic rings. The Morgan fingerprint density at radius 2 is 1.79 bits per heavy atom. The van der Waals surface area contributed by atoms with Crippen LogP contribution in [-0.4, -0.2) is 17.9 Å². The SMILES string of the molecule is CC(C(=O)N(C)Cc1cc2ccccc2o1)C(N)c1ccccc1. The van der Waals surface area contributed by atoms with Gasteiger partial charge in [0.25, 0.3) is 0 Å². The topological polar surface area (TPSA) is 59.5 Å². The molecule has 3 aromatic rings. The molecule has 0 saturated heterocycles. The highest BCUT2D eigenvalue weighted by molar-refractivity contribution is 5.80. The Morgan fingerprint density at radius 3 is 2.50 bits per heavy atom. The van der Waals surface area contributed by atoms with Gasteiger partial charge in [-0.2, -0.15) is 0 Å². The smallest absolute Gasteiger partial charge is 0.227 e. The average Bonchev–Trinajstić information content (AvgIpc) is 3.02. The second-order valence-corrected chi connectivity index (χ2v) is 6.17. The number of para-hydroxylation sites is 1. The van der Waals surface area contributed by atoms with E-state index in [-0.39, 0.29) is 17.9 Å². The van der Waals surface area contributed by atoms with Gasteiger partial charge in [0.2, 0.25) is 5.91 Å². The number of nitrogens with zero attached hydrogens (tertiary/aromatic N) is 1. The Bertz CT molecular complexity index is 793. The second-order valence-electron chi connectivity index (χ2n) is 6.17. The lowest BCUT2D eigenvalue weighted by Crippen LogP contribution is -2.36. The van der Waals surface area contributed by atoms with Crippen LogP contribution >= 0.6 is 0 Å². The van der Waals surface area contributed by atoms with Crippen LogP contribution < -0.4 is 5.73 Å². The quantitative estimate of drug-likeness (QED) is 0.778. The summed E-state index contributed by atoms with van der Waals surface area (Å²) in [5, 5.41) is 1.04. The number of carbonyl (C=O) groups excluding carboxylic acids is 1. The monoisotopic (exact) mass is 322 g/mol. The van der Waals surface area contributed by atoms with Crippen molar-refractivity contribution >= 4 is 16.9 Å². The second kappa shape index (κ2) is 6.89. The van der Waals surface area contributed by atoms with Crippen LogP contribution in [-0.2, 0) is 11.3 Å². The fourth-order valence-electron chi connectivity index (χ4n) is 2.89. The largest absolute Gasteiger partial charge is 0.459 e. The van der Waals surface area contributed by atoms with E-state index in [4.69, 9.17) is 10.2 Å². The molecule has 3 rings (SSSR count). The van der Waals surface area contributed by atoms with Crippen molar-refractivity contribution in [3.05, 3.63) is 72.0 Å². The molecule has 124 valence electrons. The molecule has 0 spiro atoms. The van der Waals surface area contributed by atoms with Gasteiger partial charge in [-0.3, -0.25) is 4.79 Å². The lowest BCUT2D eigenvalue weighted by Gasteiger charge is -2.25. The Labute approximate surface area is 141 Å². The summed E-state index contributed by atoms with van der Waals surface area (Å²) >= 11 is 0. The van der Waals surface area contributed by atoms with Crippen LogP contribution in [0.5, 0.6) is 0 Å². The molecule has 1 amide bonds. The maximum atomic E-state index is 12.7. The van der Waals surface area contributed by atoms with Crippen LogP contribution in [0.25, 0.3) is 11.0 Å². The highest BCUT2D eigenvalue weighted by atomic mass is 16.3. The van der Waals surface area contributed by atoms with E-state index < -0.39 is 0 Å². The first-order chi connectivity index (χ1) is 11.6. The van der Waals surface area contributed by atoms with E-state index in [1.807, 2.05) is 67.6 Å². The van der Waals surface area contributed by atoms with E-state index >= 15 is 0 Å². The summed E-state index contributed by atoms with van der Waals surface area (Å²) in [6.07, 6.45) is 0. The molecule has 2 unspecified atom stereocenters. The van der Waals surface area contributed by atoms with Gasteiger partial charge in [0, 0.05) is 18.5 Å². The predicted octanol–water partition coefficient (Wildman–Crippen LogP) is 3.73. The molecule has 0 fully saturated rings. The number of fused-ring (bicyclic) bond motifs is 1. The molecule has 2 atom stereocenters. The lowest BCUT2D eigenvalue weighted by atomic mass is 9.94. The van der Waals surface area contributed by atoms with E-state index in [2.05, 4.69) is 0 Å². The molecule has 2 aromatic carbocycles. The minimum Gasteiger partial charge on any atom is -0.459 e. The number of hydrogen-bond donors (Lipinski definition) is 1. The number of furan rings is 1. The molecule has 24 heavy (non-hydrogen) atoms. The minimum absolute atomic E-state index is 0.00630. The number of benzene rings is 2. The van der Waals surface area contributed by atoms with Crippen molar-refractivity contribution in [3.63, 3.8) is 0 Å². The molecule has 4 heteroatoms. The fourth-order valence-corrected chi connectivity index (χ4v) is 2.89. The van der Waals surface area contributed by atoms with Crippen molar-refractivity contribution in [2.24, 2.45) is 11.7 Å². The van der Waals surface area contributed by atoms with Crippen LogP contribution in [0.1, 0.15) is 24.3 Å². The summed E-state index contributed by atoms with van der Waals surface area (Å²) in [4.78, 5) is 14.4. The Morgan fingerprint density at radius 1 is 1.12 bits per heavy atom. The first-order valence-corrected chi connectivity index (χ1v) is 8.09. The maximum absolute atomic E-state index is 12.7. The van der Waals surface area contributed by atoms with E-state index in [9.17, 15) is 4.79 Å². The summed E-state index contributed by atoms with van der Waals surface area (Å²) in [6, 6.07) is 19.2. The highest BCUT2D eigenvalue weighted by Gasteiger charge is 2.25. The molecule has 0 aliphatic heterocycles. The molecule has 1 heterocycles. The fraction of sp³-hybridized carbons (Fsp3) is 0.250. The van der Waals surface area contributed by atoms with Crippen molar-refractivity contribution in [1.29, 1.82) is 0 Å². The maximum Gasteiger partial charge on any atom is 0.227 e. The van der Waals surface area contributed by atoms with Gasteiger partial charge in [0.15, 0.2) is 0 Å². The summed E-state index contributed by atoms with van der Waals surface area (Å²) in [5.74, 6) is 0.473. The molecule has 0 aliphatic carbocycles.